The van der Waals surface area contributed by atoms with Crippen molar-refractivity contribution in [3.63, 3.8) is 0 Å². The van der Waals surface area contributed by atoms with Crippen LogP contribution in [0.3, 0.4) is 0 Å². The van der Waals surface area contributed by atoms with Crippen LogP contribution in [-0.4, -0.2) is 11.1 Å². The van der Waals surface area contributed by atoms with Gasteiger partial charge in [-0.05, 0) is 43.2 Å². The van der Waals surface area contributed by atoms with E-state index < -0.39 is 5.97 Å². The second kappa shape index (κ2) is 4.42. The predicted octanol–water partition coefficient (Wildman–Crippen LogP) is 3.25. The normalized spacial score (nSPS) is 11.5. The number of benzene rings is 1. The number of carboxylic acids is 1. The third-order valence-corrected chi connectivity index (χ3v) is 2.44. The highest BCUT2D eigenvalue weighted by Gasteiger charge is 2.02. The SMILES string of the molecule is C/C(=C\c1cc(Br)ccc1C)C(=O)O. The Hall–Kier alpha value is -1.09. The number of hydrogen-bond acceptors (Lipinski definition) is 1. The minimum Gasteiger partial charge on any atom is -0.478 e. The fraction of sp³-hybridized carbons (Fsp3) is 0.182. The molecular formula is C11H11BrO2. The first kappa shape index (κ1) is 11.0. The minimum atomic E-state index is -0.885. The lowest BCUT2D eigenvalue weighted by atomic mass is 10.1. The first-order chi connectivity index (χ1) is 6.50. The second-order valence-electron chi connectivity index (χ2n) is 3.13. The number of aliphatic carboxylic acids is 1. The van der Waals surface area contributed by atoms with Crippen LogP contribution in [0.4, 0.5) is 0 Å². The molecule has 0 atom stereocenters. The van der Waals surface area contributed by atoms with Crippen molar-refractivity contribution in [3.8, 4) is 0 Å². The highest BCUT2D eigenvalue weighted by molar-refractivity contribution is 9.10. The van der Waals surface area contributed by atoms with E-state index in [0.717, 1.165) is 15.6 Å². The lowest BCUT2D eigenvalue weighted by molar-refractivity contribution is -0.132. The van der Waals surface area contributed by atoms with Crippen molar-refractivity contribution in [2.45, 2.75) is 13.8 Å². The first-order valence-corrected chi connectivity index (χ1v) is 4.98. The molecule has 0 aliphatic carbocycles. The molecule has 0 radical (unpaired) electrons. The van der Waals surface area contributed by atoms with Gasteiger partial charge in [-0.3, -0.25) is 0 Å². The molecule has 2 nitrogen and oxygen atoms in total. The van der Waals surface area contributed by atoms with E-state index in [9.17, 15) is 4.79 Å². The van der Waals surface area contributed by atoms with Gasteiger partial charge >= 0.3 is 5.97 Å². The topological polar surface area (TPSA) is 37.3 Å². The van der Waals surface area contributed by atoms with E-state index in [0.29, 0.717) is 5.57 Å². The van der Waals surface area contributed by atoms with Gasteiger partial charge in [0.15, 0.2) is 0 Å². The largest absolute Gasteiger partial charge is 0.478 e. The highest BCUT2D eigenvalue weighted by atomic mass is 79.9. The van der Waals surface area contributed by atoms with Gasteiger partial charge in [0.05, 0.1) is 0 Å². The van der Waals surface area contributed by atoms with Gasteiger partial charge in [0.1, 0.15) is 0 Å². The van der Waals surface area contributed by atoms with Crippen LogP contribution in [0.1, 0.15) is 18.1 Å². The third-order valence-electron chi connectivity index (χ3n) is 1.95. The molecule has 0 heterocycles. The van der Waals surface area contributed by atoms with Crippen molar-refractivity contribution in [3.05, 3.63) is 39.4 Å². The van der Waals surface area contributed by atoms with E-state index in [1.807, 2.05) is 25.1 Å². The Kier molecular flexibility index (Phi) is 3.47. The Morgan fingerprint density at radius 2 is 2.14 bits per heavy atom. The van der Waals surface area contributed by atoms with Crippen LogP contribution in [0.15, 0.2) is 28.2 Å². The minimum absolute atomic E-state index is 0.339. The van der Waals surface area contributed by atoms with Crippen LogP contribution in [-0.2, 0) is 4.79 Å². The summed E-state index contributed by atoms with van der Waals surface area (Å²) in [7, 11) is 0. The average Bonchev–Trinajstić information content (AvgIpc) is 2.11. The van der Waals surface area contributed by atoms with Crippen LogP contribution >= 0.6 is 15.9 Å². The van der Waals surface area contributed by atoms with Crippen LogP contribution in [0, 0.1) is 6.92 Å². The van der Waals surface area contributed by atoms with Gasteiger partial charge in [-0.15, -0.1) is 0 Å². The van der Waals surface area contributed by atoms with E-state index in [1.165, 1.54) is 0 Å². The summed E-state index contributed by atoms with van der Waals surface area (Å²) < 4.78 is 0.951. The zero-order valence-electron chi connectivity index (χ0n) is 8.04. The maximum Gasteiger partial charge on any atom is 0.331 e. The third kappa shape index (κ3) is 2.70. The summed E-state index contributed by atoms with van der Waals surface area (Å²) in [6.45, 7) is 3.54. The molecule has 0 spiro atoms. The van der Waals surface area contributed by atoms with Crippen molar-refractivity contribution in [2.24, 2.45) is 0 Å². The molecule has 0 aromatic heterocycles. The van der Waals surface area contributed by atoms with Crippen LogP contribution in [0.2, 0.25) is 0 Å². The van der Waals surface area contributed by atoms with Crippen molar-refractivity contribution in [1.82, 2.24) is 0 Å². The van der Waals surface area contributed by atoms with Crippen molar-refractivity contribution < 1.29 is 9.90 Å². The zero-order chi connectivity index (χ0) is 10.7. The van der Waals surface area contributed by atoms with Gasteiger partial charge in [-0.2, -0.15) is 0 Å². The fourth-order valence-electron chi connectivity index (χ4n) is 1.06. The Morgan fingerprint density at radius 1 is 1.50 bits per heavy atom. The lowest BCUT2D eigenvalue weighted by Gasteiger charge is -2.01. The summed E-state index contributed by atoms with van der Waals surface area (Å²) in [5, 5.41) is 8.72. The Bertz CT molecular complexity index is 394. The zero-order valence-corrected chi connectivity index (χ0v) is 9.63. The summed E-state index contributed by atoms with van der Waals surface area (Å²) >= 11 is 3.35. The van der Waals surface area contributed by atoms with Crippen LogP contribution < -0.4 is 0 Å². The molecule has 74 valence electrons. The Balaban J connectivity index is 3.13. The maximum absolute atomic E-state index is 10.6. The quantitative estimate of drug-likeness (QED) is 0.823. The van der Waals surface area contributed by atoms with Gasteiger partial charge in [-0.1, -0.05) is 22.0 Å². The number of hydrogen-bond donors (Lipinski definition) is 1. The lowest BCUT2D eigenvalue weighted by Crippen LogP contribution is -1.95. The Labute approximate surface area is 91.4 Å². The van der Waals surface area contributed by atoms with Crippen molar-refractivity contribution in [1.29, 1.82) is 0 Å². The number of carbonyl (C=O) groups is 1. The molecule has 0 unspecified atom stereocenters. The number of carboxylic acid groups (broad SMARTS) is 1. The van der Waals surface area contributed by atoms with Gasteiger partial charge in [0.2, 0.25) is 0 Å². The molecule has 1 aromatic carbocycles. The summed E-state index contributed by atoms with van der Waals surface area (Å²) in [5.74, 6) is -0.885. The molecule has 1 N–H and O–H groups in total. The van der Waals surface area contributed by atoms with E-state index in [4.69, 9.17) is 5.11 Å². The average molecular weight is 255 g/mol. The molecule has 1 aromatic rings. The molecule has 1 rings (SSSR count). The van der Waals surface area contributed by atoms with E-state index in [-0.39, 0.29) is 0 Å². The molecule has 3 heteroatoms. The molecular weight excluding hydrogens is 244 g/mol. The standard InChI is InChI=1S/C11H11BrO2/c1-7-3-4-10(12)6-9(7)5-8(2)11(13)14/h3-6H,1-2H3,(H,13,14)/b8-5+. The number of halogens is 1. The molecule has 14 heavy (non-hydrogen) atoms. The molecule has 0 saturated carbocycles. The molecule has 0 saturated heterocycles. The molecule has 0 aliphatic heterocycles. The Morgan fingerprint density at radius 3 is 2.71 bits per heavy atom. The van der Waals surface area contributed by atoms with Gasteiger partial charge < -0.3 is 5.11 Å². The molecule has 0 aliphatic rings. The number of rotatable bonds is 2. The monoisotopic (exact) mass is 254 g/mol. The van der Waals surface area contributed by atoms with Gasteiger partial charge in [0.25, 0.3) is 0 Å². The highest BCUT2D eigenvalue weighted by Crippen LogP contribution is 2.18. The summed E-state index contributed by atoms with van der Waals surface area (Å²) in [5.41, 5.74) is 2.33. The fourth-order valence-corrected chi connectivity index (χ4v) is 1.44. The second-order valence-corrected chi connectivity index (χ2v) is 4.05. The van der Waals surface area contributed by atoms with Gasteiger partial charge in [0, 0.05) is 10.0 Å². The van der Waals surface area contributed by atoms with E-state index in [2.05, 4.69) is 15.9 Å². The van der Waals surface area contributed by atoms with E-state index in [1.54, 1.807) is 13.0 Å². The van der Waals surface area contributed by atoms with E-state index >= 15 is 0 Å². The predicted molar refractivity (Wildman–Crippen MR) is 60.2 cm³/mol. The molecule has 0 fully saturated rings. The van der Waals surface area contributed by atoms with Crippen LogP contribution in [0.5, 0.6) is 0 Å². The number of aryl methyl sites for hydroxylation is 1. The molecule has 0 amide bonds. The summed E-state index contributed by atoms with van der Waals surface area (Å²) in [4.78, 5) is 10.6. The summed E-state index contributed by atoms with van der Waals surface area (Å²) in [6, 6.07) is 5.79. The smallest absolute Gasteiger partial charge is 0.331 e. The molecule has 0 bridgehead atoms. The summed E-state index contributed by atoms with van der Waals surface area (Å²) in [6.07, 6.45) is 1.67. The van der Waals surface area contributed by atoms with Gasteiger partial charge in [-0.25, -0.2) is 4.79 Å². The first-order valence-electron chi connectivity index (χ1n) is 4.18. The van der Waals surface area contributed by atoms with Crippen molar-refractivity contribution >= 4 is 28.0 Å². The maximum atomic E-state index is 10.6. The van der Waals surface area contributed by atoms with Crippen LogP contribution in [0.25, 0.3) is 6.08 Å². The van der Waals surface area contributed by atoms with Crippen molar-refractivity contribution in [2.75, 3.05) is 0 Å².